The van der Waals surface area contributed by atoms with E-state index in [1.807, 2.05) is 0 Å². The number of halogens is 3. The molecular weight excluding hydrogens is 217 g/mol. The summed E-state index contributed by atoms with van der Waals surface area (Å²) >= 11 is 0. The Labute approximate surface area is 89.9 Å². The van der Waals surface area contributed by atoms with Crippen LogP contribution in [0.3, 0.4) is 0 Å². The van der Waals surface area contributed by atoms with Crippen molar-refractivity contribution < 1.29 is 13.2 Å². The van der Waals surface area contributed by atoms with Gasteiger partial charge in [-0.25, -0.2) is 13.2 Å². The van der Waals surface area contributed by atoms with Crippen LogP contribution in [0, 0.1) is 17.5 Å². The average molecular weight is 226 g/mol. The van der Waals surface area contributed by atoms with Gasteiger partial charge in [-0.3, -0.25) is 0 Å². The van der Waals surface area contributed by atoms with Crippen LogP contribution < -0.4 is 11.1 Å². The minimum Gasteiger partial charge on any atom is -0.398 e. The van der Waals surface area contributed by atoms with Gasteiger partial charge in [-0.05, 0) is 6.07 Å². The third kappa shape index (κ3) is 1.28. The standard InChI is InChI=1S/C11H9F3N2/c1-16-11-5-3-2-4-6(15)7(5)8(12)9(13)10(11)14/h2-4,16H,15H2,1H3. The maximum atomic E-state index is 13.5. The third-order valence-electron chi connectivity index (χ3n) is 2.44. The average Bonchev–Trinajstić information content (AvgIpc) is 2.27. The Kier molecular flexibility index (Phi) is 2.38. The molecular formula is C11H9F3N2. The summed E-state index contributed by atoms with van der Waals surface area (Å²) in [6.07, 6.45) is 0. The first-order chi connectivity index (χ1) is 7.57. The highest BCUT2D eigenvalue weighted by molar-refractivity contribution is 6.01. The van der Waals surface area contributed by atoms with Gasteiger partial charge in [0.2, 0.25) is 0 Å². The number of fused-ring (bicyclic) bond motifs is 1. The van der Waals surface area contributed by atoms with Gasteiger partial charge in [-0.15, -0.1) is 0 Å². The second-order valence-corrected chi connectivity index (χ2v) is 3.34. The van der Waals surface area contributed by atoms with Crippen molar-refractivity contribution in [1.29, 1.82) is 0 Å². The molecule has 0 aliphatic carbocycles. The zero-order valence-corrected chi connectivity index (χ0v) is 8.44. The van der Waals surface area contributed by atoms with Crippen LogP contribution >= 0.6 is 0 Å². The summed E-state index contributed by atoms with van der Waals surface area (Å²) < 4.78 is 40.2. The van der Waals surface area contributed by atoms with Crippen LogP contribution in [0.1, 0.15) is 0 Å². The second kappa shape index (κ2) is 3.59. The van der Waals surface area contributed by atoms with E-state index in [9.17, 15) is 13.2 Å². The molecule has 0 aromatic heterocycles. The number of nitrogens with two attached hydrogens (primary N) is 1. The predicted octanol–water partition coefficient (Wildman–Crippen LogP) is 2.88. The van der Waals surface area contributed by atoms with E-state index in [0.717, 1.165) is 0 Å². The number of hydrogen-bond donors (Lipinski definition) is 2. The van der Waals surface area contributed by atoms with E-state index in [1.54, 1.807) is 6.07 Å². The van der Waals surface area contributed by atoms with Crippen molar-refractivity contribution in [1.82, 2.24) is 0 Å². The van der Waals surface area contributed by atoms with Gasteiger partial charge in [0.25, 0.3) is 0 Å². The summed E-state index contributed by atoms with van der Waals surface area (Å²) in [6.45, 7) is 0. The minimum atomic E-state index is -1.52. The summed E-state index contributed by atoms with van der Waals surface area (Å²) in [4.78, 5) is 0. The number of nitrogen functional groups attached to an aromatic ring is 1. The van der Waals surface area contributed by atoms with E-state index in [-0.39, 0.29) is 22.1 Å². The SMILES string of the molecule is CNc1c(F)c(F)c(F)c2c(N)cccc12. The highest BCUT2D eigenvalue weighted by Gasteiger charge is 2.20. The lowest BCUT2D eigenvalue weighted by molar-refractivity contribution is 0.455. The summed E-state index contributed by atoms with van der Waals surface area (Å²) in [5.41, 5.74) is 5.52. The molecule has 0 saturated heterocycles. The Bertz CT molecular complexity index is 567. The van der Waals surface area contributed by atoms with Crippen LogP contribution in [-0.4, -0.2) is 7.05 Å². The first-order valence-corrected chi connectivity index (χ1v) is 4.60. The number of benzene rings is 2. The van der Waals surface area contributed by atoms with Crippen molar-refractivity contribution in [2.24, 2.45) is 0 Å². The molecule has 5 heteroatoms. The fourth-order valence-corrected chi connectivity index (χ4v) is 1.70. The van der Waals surface area contributed by atoms with E-state index in [2.05, 4.69) is 5.32 Å². The summed E-state index contributed by atoms with van der Waals surface area (Å²) in [5, 5.41) is 2.61. The second-order valence-electron chi connectivity index (χ2n) is 3.34. The summed E-state index contributed by atoms with van der Waals surface area (Å²) in [7, 11) is 1.43. The van der Waals surface area contributed by atoms with Gasteiger partial charge in [-0.1, -0.05) is 12.1 Å². The largest absolute Gasteiger partial charge is 0.398 e. The first kappa shape index (κ1) is 10.6. The third-order valence-corrected chi connectivity index (χ3v) is 2.44. The van der Waals surface area contributed by atoms with Crippen LogP contribution in [0.5, 0.6) is 0 Å². The molecule has 0 atom stereocenters. The lowest BCUT2D eigenvalue weighted by atomic mass is 10.1. The number of anilines is 2. The zero-order chi connectivity index (χ0) is 11.9. The molecule has 0 bridgehead atoms. The van der Waals surface area contributed by atoms with Gasteiger partial charge in [0.15, 0.2) is 17.5 Å². The maximum Gasteiger partial charge on any atom is 0.197 e. The molecule has 2 rings (SSSR count). The van der Waals surface area contributed by atoms with Crippen LogP contribution in [0.4, 0.5) is 24.5 Å². The van der Waals surface area contributed by atoms with Gasteiger partial charge in [0.1, 0.15) is 0 Å². The molecule has 0 fully saturated rings. The lowest BCUT2D eigenvalue weighted by Crippen LogP contribution is -2.02. The lowest BCUT2D eigenvalue weighted by Gasteiger charge is -2.11. The van der Waals surface area contributed by atoms with Crippen molar-refractivity contribution in [3.05, 3.63) is 35.7 Å². The molecule has 2 aromatic rings. The highest BCUT2D eigenvalue weighted by Crippen LogP contribution is 2.34. The van der Waals surface area contributed by atoms with E-state index >= 15 is 0 Å². The molecule has 2 nitrogen and oxygen atoms in total. The molecule has 16 heavy (non-hydrogen) atoms. The smallest absolute Gasteiger partial charge is 0.197 e. The monoisotopic (exact) mass is 226 g/mol. The van der Waals surface area contributed by atoms with Gasteiger partial charge in [-0.2, -0.15) is 0 Å². The molecule has 0 radical (unpaired) electrons. The van der Waals surface area contributed by atoms with Crippen molar-refractivity contribution in [3.8, 4) is 0 Å². The van der Waals surface area contributed by atoms with Gasteiger partial charge in [0, 0.05) is 23.5 Å². The van der Waals surface area contributed by atoms with Gasteiger partial charge >= 0.3 is 0 Å². The molecule has 2 aromatic carbocycles. The van der Waals surface area contributed by atoms with E-state index in [4.69, 9.17) is 5.73 Å². The zero-order valence-electron chi connectivity index (χ0n) is 8.44. The Morgan fingerprint density at radius 2 is 1.75 bits per heavy atom. The molecule has 0 amide bonds. The number of hydrogen-bond acceptors (Lipinski definition) is 2. The van der Waals surface area contributed by atoms with E-state index in [1.165, 1.54) is 19.2 Å². The number of nitrogens with one attached hydrogen (secondary N) is 1. The number of rotatable bonds is 1. The van der Waals surface area contributed by atoms with Gasteiger partial charge in [0.05, 0.1) is 5.69 Å². The van der Waals surface area contributed by atoms with Gasteiger partial charge < -0.3 is 11.1 Å². The fraction of sp³-hybridized carbons (Fsp3) is 0.0909. The molecule has 0 unspecified atom stereocenters. The normalized spacial score (nSPS) is 10.8. The fourth-order valence-electron chi connectivity index (χ4n) is 1.70. The van der Waals surface area contributed by atoms with Crippen LogP contribution in [0.15, 0.2) is 18.2 Å². The van der Waals surface area contributed by atoms with Crippen LogP contribution in [0.25, 0.3) is 10.8 Å². The van der Waals surface area contributed by atoms with Crippen molar-refractivity contribution >= 4 is 22.1 Å². The summed E-state index contributed by atoms with van der Waals surface area (Å²) in [5.74, 6) is -4.02. The molecule has 0 spiro atoms. The Hall–Kier alpha value is -1.91. The predicted molar refractivity (Wildman–Crippen MR) is 57.8 cm³/mol. The quantitative estimate of drug-likeness (QED) is 0.579. The van der Waals surface area contributed by atoms with Crippen molar-refractivity contribution in [3.63, 3.8) is 0 Å². The molecule has 0 heterocycles. The topological polar surface area (TPSA) is 38.0 Å². The minimum absolute atomic E-state index is 0.0744. The molecule has 0 aliphatic rings. The molecule has 0 saturated carbocycles. The Morgan fingerprint density at radius 3 is 2.38 bits per heavy atom. The van der Waals surface area contributed by atoms with Crippen molar-refractivity contribution in [2.45, 2.75) is 0 Å². The molecule has 0 aliphatic heterocycles. The summed E-state index contributed by atoms with van der Waals surface area (Å²) in [6, 6.07) is 4.46. The Balaban J connectivity index is 3.04. The first-order valence-electron chi connectivity index (χ1n) is 4.60. The van der Waals surface area contributed by atoms with Crippen LogP contribution in [0.2, 0.25) is 0 Å². The maximum absolute atomic E-state index is 13.5. The van der Waals surface area contributed by atoms with Crippen molar-refractivity contribution in [2.75, 3.05) is 18.1 Å². The van der Waals surface area contributed by atoms with E-state index in [0.29, 0.717) is 0 Å². The van der Waals surface area contributed by atoms with Crippen LogP contribution in [-0.2, 0) is 0 Å². The molecule has 3 N–H and O–H groups in total. The highest BCUT2D eigenvalue weighted by atomic mass is 19.2. The Morgan fingerprint density at radius 1 is 1.06 bits per heavy atom. The molecule has 84 valence electrons. The van der Waals surface area contributed by atoms with E-state index < -0.39 is 17.5 Å².